The fraction of sp³-hybridized carbons (Fsp3) is 0.750. The Morgan fingerprint density at radius 2 is 1.00 bits per heavy atom. The van der Waals surface area contributed by atoms with E-state index < -0.39 is 0 Å². The topological polar surface area (TPSA) is 26.0 Å². The molecule has 0 aromatic carbocycles. The van der Waals surface area contributed by atoms with Gasteiger partial charge in [-0.25, -0.2) is 0 Å². The normalized spacial score (nSPS) is 5.40. The number of rotatable bonds is 0. The second kappa shape index (κ2) is 53.9. The predicted octanol–water partition coefficient (Wildman–Crippen LogP) is 2.42. The Morgan fingerprint density at radius 3 is 1.00 bits per heavy atom. The molecule has 0 aromatic rings. The Morgan fingerprint density at radius 1 is 1.00 bits per heavy atom. The summed E-state index contributed by atoms with van der Waals surface area (Å²) in [4.78, 5) is 0. The van der Waals surface area contributed by atoms with Crippen LogP contribution in [0.5, 0.6) is 0 Å². The third-order valence-corrected chi connectivity index (χ3v) is 0. The van der Waals surface area contributed by atoms with E-state index >= 15 is 0 Å². The van der Waals surface area contributed by atoms with Crippen molar-refractivity contribution in [2.24, 2.45) is 5.73 Å². The van der Waals surface area contributed by atoms with Crippen molar-refractivity contribution in [1.29, 1.82) is 0 Å². The summed E-state index contributed by atoms with van der Waals surface area (Å²) in [6.45, 7) is 10.7. The van der Waals surface area contributed by atoms with Crippen molar-refractivity contribution >= 4 is 0 Å². The zero-order valence-electron chi connectivity index (χ0n) is 7.94. The maximum absolute atomic E-state index is 4.85. The SMILES string of the molecule is CCN.C[CH-]C.C[CH-]C.[Ti+2]. The first-order chi connectivity index (χ1) is 4.24. The Hall–Kier alpha value is 0.674. The predicted molar refractivity (Wildman–Crippen MR) is 46.0 cm³/mol. The molecule has 0 rings (SSSR count). The summed E-state index contributed by atoms with van der Waals surface area (Å²) < 4.78 is 0. The molecule has 0 aromatic heterocycles. The fourth-order valence-electron chi connectivity index (χ4n) is 0. The van der Waals surface area contributed by atoms with E-state index in [0.29, 0.717) is 0 Å². The van der Waals surface area contributed by atoms with Crippen molar-refractivity contribution in [1.82, 2.24) is 0 Å². The molecular weight excluding hydrogens is 158 g/mol. The molecule has 0 bridgehead atoms. The Balaban J connectivity index is -0.0000000257. The molecular formula is C8H21NTi. The standard InChI is InChI=1S/2C3H7.C2H7N.Ti/c2*1-3-2;1-2-3;/h2*3H,1-2H3;2-3H2,1H3;/q2*-1;;+2. The van der Waals surface area contributed by atoms with Crippen LogP contribution < -0.4 is 5.73 Å². The van der Waals surface area contributed by atoms with Gasteiger partial charge >= 0.3 is 21.7 Å². The van der Waals surface area contributed by atoms with Crippen LogP contribution in [0.1, 0.15) is 34.6 Å². The zero-order chi connectivity index (χ0) is 8.12. The van der Waals surface area contributed by atoms with E-state index in [1.165, 1.54) is 0 Å². The molecule has 0 unspecified atom stereocenters. The Bertz CT molecular complexity index is 14.0. The zero-order valence-corrected chi connectivity index (χ0v) is 9.50. The molecule has 0 spiro atoms. The molecule has 0 fully saturated rings. The van der Waals surface area contributed by atoms with Gasteiger partial charge in [0.1, 0.15) is 0 Å². The van der Waals surface area contributed by atoms with Gasteiger partial charge in [-0.05, 0) is 6.54 Å². The molecule has 0 aliphatic heterocycles. The molecule has 10 heavy (non-hydrogen) atoms. The monoisotopic (exact) mass is 179 g/mol. The minimum atomic E-state index is 0. The largest absolute Gasteiger partial charge is 2.00 e. The third-order valence-electron chi connectivity index (χ3n) is 0. The van der Waals surface area contributed by atoms with Crippen LogP contribution in [0.3, 0.4) is 0 Å². The number of hydrogen-bond donors (Lipinski definition) is 1. The summed E-state index contributed by atoms with van der Waals surface area (Å²) >= 11 is 0. The van der Waals surface area contributed by atoms with E-state index in [1.54, 1.807) is 0 Å². The Kier molecular flexibility index (Phi) is 121. The van der Waals surface area contributed by atoms with Crippen molar-refractivity contribution in [3.63, 3.8) is 0 Å². The second-order valence-corrected chi connectivity index (χ2v) is 1.56. The van der Waals surface area contributed by atoms with Crippen molar-refractivity contribution in [3.8, 4) is 0 Å². The van der Waals surface area contributed by atoms with E-state index in [4.69, 9.17) is 5.73 Å². The average Bonchev–Trinajstić information content (AvgIpc) is 1.70. The molecule has 0 heterocycles. The maximum atomic E-state index is 4.85. The minimum Gasteiger partial charge on any atom is -0.335 e. The van der Waals surface area contributed by atoms with Crippen molar-refractivity contribution in [2.75, 3.05) is 6.54 Å². The molecule has 0 aliphatic carbocycles. The summed E-state index contributed by atoms with van der Waals surface area (Å²) in [5.74, 6) is 0. The third kappa shape index (κ3) is 1120. The van der Waals surface area contributed by atoms with Gasteiger partial charge in [0.25, 0.3) is 0 Å². The van der Waals surface area contributed by atoms with E-state index in [2.05, 4.69) is 0 Å². The molecule has 0 radical (unpaired) electrons. The van der Waals surface area contributed by atoms with E-state index in [-0.39, 0.29) is 21.7 Å². The smallest absolute Gasteiger partial charge is 0.335 e. The summed E-state index contributed by atoms with van der Waals surface area (Å²) in [7, 11) is 0. The molecule has 0 amide bonds. The van der Waals surface area contributed by atoms with Crippen LogP contribution in [-0.2, 0) is 21.7 Å². The number of nitrogens with two attached hydrogens (primary N) is 1. The van der Waals surface area contributed by atoms with Crippen LogP contribution >= 0.6 is 0 Å². The summed E-state index contributed by atoms with van der Waals surface area (Å²) in [5.41, 5.74) is 4.85. The van der Waals surface area contributed by atoms with Crippen molar-refractivity contribution in [3.05, 3.63) is 12.8 Å². The first kappa shape index (κ1) is 22.4. The Labute approximate surface area is 81.7 Å². The van der Waals surface area contributed by atoms with Gasteiger partial charge < -0.3 is 18.6 Å². The average molecular weight is 179 g/mol. The summed E-state index contributed by atoms with van der Waals surface area (Å²) in [6, 6.07) is 0. The van der Waals surface area contributed by atoms with Gasteiger partial charge in [0.2, 0.25) is 0 Å². The van der Waals surface area contributed by atoms with E-state index in [9.17, 15) is 0 Å². The van der Waals surface area contributed by atoms with E-state index in [0.717, 1.165) is 6.54 Å². The molecule has 0 atom stereocenters. The van der Waals surface area contributed by atoms with Crippen LogP contribution in [0, 0.1) is 12.8 Å². The van der Waals surface area contributed by atoms with Crippen LogP contribution in [-0.4, -0.2) is 6.54 Å². The van der Waals surface area contributed by atoms with Crippen LogP contribution in [0.2, 0.25) is 0 Å². The molecule has 0 saturated carbocycles. The number of hydrogen-bond acceptors (Lipinski definition) is 1. The van der Waals surface area contributed by atoms with Gasteiger partial charge in [-0.2, -0.15) is 27.7 Å². The molecule has 2 N–H and O–H groups in total. The summed E-state index contributed by atoms with van der Waals surface area (Å²) in [6.07, 6.45) is 4.00. The fourth-order valence-corrected chi connectivity index (χ4v) is 0. The van der Waals surface area contributed by atoms with Gasteiger partial charge in [0.15, 0.2) is 0 Å². The van der Waals surface area contributed by atoms with Crippen LogP contribution in [0.4, 0.5) is 0 Å². The molecule has 1 nitrogen and oxygen atoms in total. The van der Waals surface area contributed by atoms with Crippen molar-refractivity contribution < 1.29 is 21.7 Å². The molecule has 0 aliphatic rings. The minimum absolute atomic E-state index is 0. The molecule has 0 saturated heterocycles. The van der Waals surface area contributed by atoms with Crippen molar-refractivity contribution in [2.45, 2.75) is 34.6 Å². The van der Waals surface area contributed by atoms with Gasteiger partial charge in [-0.15, -0.1) is 0 Å². The van der Waals surface area contributed by atoms with Gasteiger partial charge in [0.05, 0.1) is 0 Å². The maximum Gasteiger partial charge on any atom is 2.00 e. The first-order valence-electron chi connectivity index (χ1n) is 3.42. The van der Waals surface area contributed by atoms with Gasteiger partial charge in [0, 0.05) is 0 Å². The second-order valence-electron chi connectivity index (χ2n) is 1.56. The molecule has 2 heteroatoms. The first-order valence-corrected chi connectivity index (χ1v) is 3.42. The quantitative estimate of drug-likeness (QED) is 0.448. The molecule has 62 valence electrons. The van der Waals surface area contributed by atoms with Crippen LogP contribution in [0.15, 0.2) is 0 Å². The van der Waals surface area contributed by atoms with Gasteiger partial charge in [-0.3, -0.25) is 0 Å². The van der Waals surface area contributed by atoms with E-state index in [1.807, 2.05) is 47.5 Å². The van der Waals surface area contributed by atoms with Crippen LogP contribution in [0.25, 0.3) is 0 Å². The van der Waals surface area contributed by atoms with Gasteiger partial charge in [-0.1, -0.05) is 6.92 Å². The summed E-state index contributed by atoms with van der Waals surface area (Å²) in [5, 5.41) is 0.